The van der Waals surface area contributed by atoms with Crippen LogP contribution in [0.5, 0.6) is 0 Å². The van der Waals surface area contributed by atoms with Gasteiger partial charge in [-0.1, -0.05) is 6.42 Å². The zero-order valence-electron chi connectivity index (χ0n) is 14.9. The van der Waals surface area contributed by atoms with Gasteiger partial charge < -0.3 is 15.8 Å². The van der Waals surface area contributed by atoms with Gasteiger partial charge in [0.2, 0.25) is 0 Å². The molecular formula is C19H24N6O. The summed E-state index contributed by atoms with van der Waals surface area (Å²) in [7, 11) is 0. The van der Waals surface area contributed by atoms with E-state index in [0.29, 0.717) is 30.1 Å². The topological polar surface area (TPSA) is 116 Å². The fourth-order valence-corrected chi connectivity index (χ4v) is 3.92. The van der Waals surface area contributed by atoms with Crippen LogP contribution in [0.4, 0.5) is 0 Å². The van der Waals surface area contributed by atoms with Crippen molar-refractivity contribution in [3.63, 3.8) is 0 Å². The second-order valence-electron chi connectivity index (χ2n) is 6.97. The van der Waals surface area contributed by atoms with Crippen LogP contribution in [0.15, 0.2) is 23.4 Å². The second-order valence-corrected chi connectivity index (χ2v) is 6.97. The van der Waals surface area contributed by atoms with Crippen LogP contribution in [0.3, 0.4) is 0 Å². The molecule has 1 saturated carbocycles. The van der Waals surface area contributed by atoms with Crippen molar-refractivity contribution in [2.45, 2.75) is 44.9 Å². The van der Waals surface area contributed by atoms with E-state index in [1.165, 1.54) is 41.8 Å². The van der Waals surface area contributed by atoms with E-state index in [2.05, 4.69) is 32.1 Å². The Morgan fingerprint density at radius 2 is 2.08 bits per heavy atom. The lowest BCUT2D eigenvalue weighted by Gasteiger charge is -2.27. The molecule has 0 saturated heterocycles. The predicted molar refractivity (Wildman–Crippen MR) is 100 cm³/mol. The van der Waals surface area contributed by atoms with Crippen LogP contribution in [0, 0.1) is 6.92 Å². The van der Waals surface area contributed by atoms with E-state index in [-0.39, 0.29) is 5.56 Å². The summed E-state index contributed by atoms with van der Waals surface area (Å²) in [6.07, 6.45) is 10.2. The standard InChI is InChI=1S/C19H24N6O/c1-11-13(5-6-20)17(12-3-2-4-12)15(24-11)9-16-18(22-8-7-21-16)14-10-23-25-19(14)26/h7-8,10,12,24H,2-6,9,20H2,1H3,(H2,23,25,26). The van der Waals surface area contributed by atoms with Gasteiger partial charge in [0, 0.05) is 36.4 Å². The monoisotopic (exact) mass is 352 g/mol. The molecule has 5 N–H and O–H groups in total. The molecule has 7 nitrogen and oxygen atoms in total. The molecule has 1 aliphatic rings. The number of hydrogen-bond acceptors (Lipinski definition) is 4. The normalized spacial score (nSPS) is 14.5. The van der Waals surface area contributed by atoms with Crippen molar-refractivity contribution in [3.05, 3.63) is 57.2 Å². The lowest BCUT2D eigenvalue weighted by Crippen LogP contribution is -2.15. The van der Waals surface area contributed by atoms with E-state index in [0.717, 1.165) is 12.1 Å². The molecule has 3 heterocycles. The fourth-order valence-electron chi connectivity index (χ4n) is 3.92. The molecule has 0 spiro atoms. The van der Waals surface area contributed by atoms with E-state index in [1.807, 2.05) is 0 Å². The van der Waals surface area contributed by atoms with Crippen molar-refractivity contribution in [1.29, 1.82) is 0 Å². The average molecular weight is 352 g/mol. The number of aromatic amines is 3. The van der Waals surface area contributed by atoms with Gasteiger partial charge in [-0.2, -0.15) is 0 Å². The molecule has 0 aromatic carbocycles. The summed E-state index contributed by atoms with van der Waals surface area (Å²) in [5, 5.41) is 5.30. The number of aromatic nitrogens is 5. The van der Waals surface area contributed by atoms with Gasteiger partial charge in [-0.3, -0.25) is 19.9 Å². The minimum atomic E-state index is -0.183. The van der Waals surface area contributed by atoms with Crippen LogP contribution >= 0.6 is 0 Å². The van der Waals surface area contributed by atoms with Crippen LogP contribution in [-0.2, 0) is 12.8 Å². The lowest BCUT2D eigenvalue weighted by atomic mass is 9.77. The number of H-pyrrole nitrogens is 3. The smallest absolute Gasteiger partial charge is 0.273 e. The zero-order chi connectivity index (χ0) is 18.1. The Morgan fingerprint density at radius 3 is 2.73 bits per heavy atom. The highest BCUT2D eigenvalue weighted by molar-refractivity contribution is 5.60. The van der Waals surface area contributed by atoms with Crippen LogP contribution in [-0.4, -0.2) is 31.7 Å². The van der Waals surface area contributed by atoms with Crippen LogP contribution < -0.4 is 11.3 Å². The van der Waals surface area contributed by atoms with Crippen molar-refractivity contribution in [2.24, 2.45) is 5.73 Å². The second kappa shape index (κ2) is 6.92. The maximum atomic E-state index is 12.0. The third-order valence-corrected chi connectivity index (χ3v) is 5.37. The highest BCUT2D eigenvalue weighted by Gasteiger charge is 2.28. The van der Waals surface area contributed by atoms with E-state index < -0.39 is 0 Å². The molecule has 0 atom stereocenters. The third-order valence-electron chi connectivity index (χ3n) is 5.37. The molecule has 1 fully saturated rings. The molecule has 0 amide bonds. The molecule has 3 aromatic heterocycles. The minimum absolute atomic E-state index is 0.183. The average Bonchev–Trinajstić information content (AvgIpc) is 3.13. The minimum Gasteiger partial charge on any atom is -0.362 e. The van der Waals surface area contributed by atoms with Gasteiger partial charge in [-0.15, -0.1) is 0 Å². The maximum Gasteiger partial charge on any atom is 0.273 e. The van der Waals surface area contributed by atoms with Gasteiger partial charge in [0.25, 0.3) is 5.56 Å². The first-order valence-corrected chi connectivity index (χ1v) is 9.15. The van der Waals surface area contributed by atoms with E-state index >= 15 is 0 Å². The predicted octanol–water partition coefficient (Wildman–Crippen LogP) is 2.16. The van der Waals surface area contributed by atoms with Gasteiger partial charge in [0.1, 0.15) is 0 Å². The quantitative estimate of drug-likeness (QED) is 0.544. The third kappa shape index (κ3) is 2.88. The molecule has 1 aliphatic carbocycles. The molecule has 0 aliphatic heterocycles. The summed E-state index contributed by atoms with van der Waals surface area (Å²) < 4.78 is 0. The van der Waals surface area contributed by atoms with Crippen molar-refractivity contribution < 1.29 is 0 Å². The van der Waals surface area contributed by atoms with Crippen LogP contribution in [0.2, 0.25) is 0 Å². The Hall–Kier alpha value is -2.67. The van der Waals surface area contributed by atoms with Gasteiger partial charge in [-0.05, 0) is 49.8 Å². The summed E-state index contributed by atoms with van der Waals surface area (Å²) in [6.45, 7) is 2.76. The number of nitrogens with zero attached hydrogens (tertiary/aromatic N) is 2. The van der Waals surface area contributed by atoms with Crippen molar-refractivity contribution in [2.75, 3.05) is 6.54 Å². The molecular weight excluding hydrogens is 328 g/mol. The molecule has 0 radical (unpaired) electrons. The number of rotatable bonds is 6. The van der Waals surface area contributed by atoms with Crippen molar-refractivity contribution in [1.82, 2.24) is 25.1 Å². The maximum absolute atomic E-state index is 12.0. The first-order chi connectivity index (χ1) is 12.7. The Bertz CT molecular complexity index is 963. The first-order valence-electron chi connectivity index (χ1n) is 9.15. The summed E-state index contributed by atoms with van der Waals surface area (Å²) in [5.74, 6) is 0.604. The fraction of sp³-hybridized carbons (Fsp3) is 0.421. The van der Waals surface area contributed by atoms with E-state index in [4.69, 9.17) is 5.73 Å². The van der Waals surface area contributed by atoms with Gasteiger partial charge in [0.05, 0.1) is 17.0 Å². The Balaban J connectivity index is 1.76. The Labute approximate surface area is 151 Å². The zero-order valence-corrected chi connectivity index (χ0v) is 14.9. The van der Waals surface area contributed by atoms with E-state index in [1.54, 1.807) is 18.6 Å². The first kappa shape index (κ1) is 16.8. The highest BCUT2D eigenvalue weighted by atomic mass is 16.1. The van der Waals surface area contributed by atoms with Gasteiger partial charge in [0.15, 0.2) is 0 Å². The lowest BCUT2D eigenvalue weighted by molar-refractivity contribution is 0.415. The summed E-state index contributed by atoms with van der Waals surface area (Å²) >= 11 is 0. The van der Waals surface area contributed by atoms with Crippen molar-refractivity contribution >= 4 is 0 Å². The summed E-state index contributed by atoms with van der Waals surface area (Å²) in [5.41, 5.74) is 12.8. The van der Waals surface area contributed by atoms with Gasteiger partial charge >= 0.3 is 0 Å². The van der Waals surface area contributed by atoms with Crippen molar-refractivity contribution in [3.8, 4) is 11.3 Å². The number of nitrogens with two attached hydrogens (primary N) is 1. The van der Waals surface area contributed by atoms with Crippen LogP contribution in [0.1, 0.15) is 53.4 Å². The molecule has 0 bridgehead atoms. The number of aryl methyl sites for hydroxylation is 1. The number of nitrogens with one attached hydrogen (secondary N) is 3. The molecule has 0 unspecified atom stereocenters. The molecule has 4 rings (SSSR count). The summed E-state index contributed by atoms with van der Waals surface area (Å²) in [6, 6.07) is 0. The van der Waals surface area contributed by atoms with Crippen LogP contribution in [0.25, 0.3) is 11.3 Å². The molecule has 7 heteroatoms. The van der Waals surface area contributed by atoms with E-state index in [9.17, 15) is 4.79 Å². The summed E-state index contributed by atoms with van der Waals surface area (Å²) in [4.78, 5) is 24.5. The SMILES string of the molecule is Cc1[nH]c(Cc2nccnc2-c2c[nH][nH]c2=O)c(C2CCC2)c1CCN. The molecule has 3 aromatic rings. The Morgan fingerprint density at radius 1 is 1.27 bits per heavy atom. The largest absolute Gasteiger partial charge is 0.362 e. The highest BCUT2D eigenvalue weighted by Crippen LogP contribution is 2.41. The molecule has 136 valence electrons. The molecule has 26 heavy (non-hydrogen) atoms. The number of hydrogen-bond donors (Lipinski definition) is 4. The van der Waals surface area contributed by atoms with Gasteiger partial charge in [-0.25, -0.2) is 0 Å². The Kier molecular flexibility index (Phi) is 4.46.